The highest BCUT2D eigenvalue weighted by Crippen LogP contribution is 2.19. The van der Waals surface area contributed by atoms with E-state index in [0.717, 1.165) is 53.2 Å². The topological polar surface area (TPSA) is 58.9 Å². The van der Waals surface area contributed by atoms with Crippen LogP contribution in [0.4, 0.5) is 0 Å². The molecule has 0 aliphatic carbocycles. The third kappa shape index (κ3) is 11.7. The molecule has 4 nitrogen and oxygen atoms in total. The van der Waals surface area contributed by atoms with Gasteiger partial charge in [-0.1, -0.05) is 106 Å². The minimum atomic E-state index is -1.72. The van der Waals surface area contributed by atoms with E-state index in [1.165, 1.54) is 38.5 Å². The van der Waals surface area contributed by atoms with Crippen LogP contribution in [0, 0.1) is 35.5 Å². The summed E-state index contributed by atoms with van der Waals surface area (Å²) in [6.07, 6.45) is 9.46. The molecule has 2 N–H and O–H groups in total. The van der Waals surface area contributed by atoms with Crippen LogP contribution in [-0.2, 0) is 0 Å². The second-order valence-corrected chi connectivity index (χ2v) is 12.2. The highest BCUT2D eigenvalue weighted by atomic mass is 79.9. The van der Waals surface area contributed by atoms with Crippen LogP contribution < -0.4 is 14.9 Å². The third-order valence-corrected chi connectivity index (χ3v) is 8.31. The molecule has 0 bridgehead atoms. The normalized spacial score (nSPS) is 11.9. The monoisotopic (exact) mass is 656 g/mol. The zero-order chi connectivity index (χ0) is 31.7. The van der Waals surface area contributed by atoms with Crippen molar-refractivity contribution in [2.24, 2.45) is 11.8 Å². The van der Waals surface area contributed by atoms with Crippen LogP contribution in [0.15, 0.2) is 65.1 Å². The highest BCUT2D eigenvalue weighted by molar-refractivity contribution is 9.10. The van der Waals surface area contributed by atoms with Gasteiger partial charge in [0.2, 0.25) is 0 Å². The fourth-order valence-electron chi connectivity index (χ4n) is 4.88. The molecule has 6 heteroatoms. The Morgan fingerprint density at radius 1 is 0.659 bits per heavy atom. The third-order valence-electron chi connectivity index (χ3n) is 7.85. The predicted octanol–water partition coefficient (Wildman–Crippen LogP) is 8.12. The van der Waals surface area contributed by atoms with Gasteiger partial charge in [0, 0.05) is 32.2 Å². The summed E-state index contributed by atoms with van der Waals surface area (Å²) in [5, 5.41) is 20.5. The highest BCUT2D eigenvalue weighted by Gasteiger charge is 2.20. The Hall–Kier alpha value is -3.16. The summed E-state index contributed by atoms with van der Waals surface area (Å²) < 4.78 is 12.8. The second kappa shape index (κ2) is 19.3. The molecule has 44 heavy (non-hydrogen) atoms. The average molecular weight is 657 g/mol. The number of halogens is 1. The van der Waals surface area contributed by atoms with Gasteiger partial charge in [0.15, 0.2) is 0 Å². The Bertz CT molecular complexity index is 1310. The van der Waals surface area contributed by atoms with Crippen molar-refractivity contribution in [1.82, 2.24) is 0 Å². The molecular weight excluding hydrogens is 611 g/mol. The number of hydrogen-bond donors (Lipinski definition) is 2. The summed E-state index contributed by atoms with van der Waals surface area (Å²) >= 11 is 3.54. The lowest BCUT2D eigenvalue weighted by molar-refractivity contribution is 0.233. The average Bonchev–Trinajstić information content (AvgIpc) is 3.03. The summed E-state index contributed by atoms with van der Waals surface area (Å²) in [4.78, 5) is 0. The second-order valence-electron chi connectivity index (χ2n) is 11.3. The van der Waals surface area contributed by atoms with Gasteiger partial charge >= 0.3 is 7.12 Å². The minimum Gasteiger partial charge on any atom is -0.493 e. The molecule has 0 heterocycles. The molecule has 0 fully saturated rings. The molecule has 232 valence electrons. The molecule has 2 atom stereocenters. The lowest BCUT2D eigenvalue weighted by Crippen LogP contribution is -2.35. The molecule has 0 amide bonds. The lowest BCUT2D eigenvalue weighted by Gasteiger charge is -2.15. The molecule has 2 unspecified atom stereocenters. The van der Waals surface area contributed by atoms with Crippen molar-refractivity contribution < 1.29 is 19.5 Å². The van der Waals surface area contributed by atoms with Crippen molar-refractivity contribution in [3.05, 3.63) is 87.4 Å². The van der Waals surface area contributed by atoms with Gasteiger partial charge < -0.3 is 19.5 Å². The Labute approximate surface area is 273 Å². The van der Waals surface area contributed by atoms with Crippen LogP contribution in [0.3, 0.4) is 0 Å². The molecule has 0 spiro atoms. The largest absolute Gasteiger partial charge is 0.493 e. The molecule has 0 aliphatic heterocycles. The quantitative estimate of drug-likeness (QED) is 0.128. The summed E-state index contributed by atoms with van der Waals surface area (Å²) in [6.45, 7) is 10.3. The van der Waals surface area contributed by atoms with Gasteiger partial charge in [0.1, 0.15) is 11.5 Å². The zero-order valence-corrected chi connectivity index (χ0v) is 28.3. The molecular formula is C38H46BBrO4. The molecule has 0 saturated carbocycles. The van der Waals surface area contributed by atoms with Crippen molar-refractivity contribution in [2.45, 2.75) is 79.1 Å². The van der Waals surface area contributed by atoms with E-state index < -0.39 is 7.12 Å². The maximum absolute atomic E-state index is 10.3. The van der Waals surface area contributed by atoms with Gasteiger partial charge in [-0.3, -0.25) is 0 Å². The first-order chi connectivity index (χ1) is 21.4. The van der Waals surface area contributed by atoms with Crippen molar-refractivity contribution >= 4 is 28.5 Å². The van der Waals surface area contributed by atoms with Crippen molar-refractivity contribution in [3.8, 4) is 35.2 Å². The molecule has 3 rings (SSSR count). The van der Waals surface area contributed by atoms with E-state index in [9.17, 15) is 10.0 Å². The molecule has 0 aliphatic rings. The minimum absolute atomic E-state index is 0.281. The molecule has 3 aromatic rings. The predicted molar refractivity (Wildman–Crippen MR) is 186 cm³/mol. The first-order valence-corrected chi connectivity index (χ1v) is 16.8. The van der Waals surface area contributed by atoms with Gasteiger partial charge in [-0.05, 0) is 85.3 Å². The smallest absolute Gasteiger partial charge is 0.491 e. The van der Waals surface area contributed by atoms with E-state index in [4.69, 9.17) is 9.47 Å². The summed E-state index contributed by atoms with van der Waals surface area (Å²) in [6, 6.07) is 19.0. The van der Waals surface area contributed by atoms with Gasteiger partial charge in [-0.2, -0.15) is 0 Å². The Kier molecular flexibility index (Phi) is 15.5. The number of hydrogen-bond acceptors (Lipinski definition) is 4. The standard InChI is InChI=1S/C38H46BBrO4/c1-5-9-11-29(7-3)27-43-36-21-15-31(16-22-36)13-19-33-25-35(40)26-34(38(33)39(41)42)20-14-32-17-23-37(24-18-32)44-28-30(8-4)12-10-6-2/h15-18,21-26,29-30,41-42H,5-12,27-28H2,1-4H3. The summed E-state index contributed by atoms with van der Waals surface area (Å²) in [5.74, 6) is 15.3. The van der Waals surface area contributed by atoms with Crippen LogP contribution in [0.25, 0.3) is 0 Å². The van der Waals surface area contributed by atoms with Crippen LogP contribution in [-0.4, -0.2) is 30.4 Å². The number of rotatable bonds is 15. The molecule has 3 aromatic carbocycles. The van der Waals surface area contributed by atoms with Crippen LogP contribution in [0.2, 0.25) is 0 Å². The van der Waals surface area contributed by atoms with Crippen LogP contribution in [0.1, 0.15) is 101 Å². The van der Waals surface area contributed by atoms with E-state index in [1.54, 1.807) is 12.1 Å². The Morgan fingerprint density at radius 2 is 1.07 bits per heavy atom. The van der Waals surface area contributed by atoms with Crippen molar-refractivity contribution in [1.29, 1.82) is 0 Å². The van der Waals surface area contributed by atoms with Gasteiger partial charge in [-0.25, -0.2) is 0 Å². The van der Waals surface area contributed by atoms with E-state index in [-0.39, 0.29) is 5.46 Å². The number of benzene rings is 3. The SMILES string of the molecule is CCCCC(CC)COc1ccc(C#Cc2cc(Br)cc(C#Cc3ccc(OCC(CC)CCCC)cc3)c2B(O)O)cc1. The maximum Gasteiger partial charge on any atom is 0.491 e. The lowest BCUT2D eigenvalue weighted by atomic mass is 9.74. The van der Waals surface area contributed by atoms with E-state index in [1.807, 2.05) is 48.5 Å². The van der Waals surface area contributed by atoms with E-state index in [0.29, 0.717) is 23.0 Å². The van der Waals surface area contributed by atoms with E-state index in [2.05, 4.69) is 67.3 Å². The zero-order valence-electron chi connectivity index (χ0n) is 26.7. The Balaban J connectivity index is 1.73. The van der Waals surface area contributed by atoms with Crippen LogP contribution >= 0.6 is 15.9 Å². The fraction of sp³-hybridized carbons (Fsp3) is 0.421. The van der Waals surface area contributed by atoms with Gasteiger partial charge in [-0.15, -0.1) is 0 Å². The molecule has 0 saturated heterocycles. The van der Waals surface area contributed by atoms with Crippen molar-refractivity contribution in [3.63, 3.8) is 0 Å². The maximum atomic E-state index is 10.3. The molecule has 0 aromatic heterocycles. The molecule has 0 radical (unpaired) electrons. The number of ether oxygens (including phenoxy) is 2. The van der Waals surface area contributed by atoms with Crippen molar-refractivity contribution in [2.75, 3.05) is 13.2 Å². The van der Waals surface area contributed by atoms with Crippen LogP contribution in [0.5, 0.6) is 11.5 Å². The van der Waals surface area contributed by atoms with Gasteiger partial charge in [0.25, 0.3) is 0 Å². The summed E-state index contributed by atoms with van der Waals surface area (Å²) in [7, 11) is -1.72. The summed E-state index contributed by atoms with van der Waals surface area (Å²) in [5.41, 5.74) is 2.89. The van der Waals surface area contributed by atoms with Gasteiger partial charge in [0.05, 0.1) is 13.2 Å². The number of unbranched alkanes of at least 4 members (excludes halogenated alkanes) is 2. The Morgan fingerprint density at radius 3 is 1.41 bits per heavy atom. The first kappa shape index (κ1) is 35.3. The van der Waals surface area contributed by atoms with E-state index >= 15 is 0 Å². The fourth-order valence-corrected chi connectivity index (χ4v) is 5.33. The first-order valence-electron chi connectivity index (χ1n) is 16.1.